The molecule has 4 nitrogen and oxygen atoms in total. The molecule has 3 aliphatic rings. The van der Waals surface area contributed by atoms with E-state index in [1.54, 1.807) is 12.5 Å². The molecule has 4 heteroatoms. The number of rotatable bonds is 1. The second-order valence-electron chi connectivity index (χ2n) is 5.12. The van der Waals surface area contributed by atoms with E-state index in [4.69, 9.17) is 4.42 Å². The number of amides is 2. The second kappa shape index (κ2) is 4.23. The Morgan fingerprint density at radius 2 is 1.79 bits per heavy atom. The zero-order chi connectivity index (χ0) is 13.6. The van der Waals surface area contributed by atoms with Crippen molar-refractivity contribution in [3.63, 3.8) is 0 Å². The van der Waals surface area contributed by atoms with Crippen LogP contribution in [0.4, 0.5) is 0 Å². The molecule has 0 bridgehead atoms. The lowest BCUT2D eigenvalue weighted by Gasteiger charge is -2.22. The number of hydrogen-bond donors (Lipinski definition) is 1. The summed E-state index contributed by atoms with van der Waals surface area (Å²) in [6.07, 6.45) is 4.11. The molecule has 0 radical (unpaired) electrons. The third-order valence-corrected chi connectivity index (χ3v) is 4.00. The highest BCUT2D eigenvalue weighted by atomic mass is 16.3. The Balaban J connectivity index is 2.13. The van der Waals surface area contributed by atoms with E-state index < -0.39 is 0 Å². The number of fused-ring (bicyclic) bond motifs is 1. The van der Waals surface area contributed by atoms with Gasteiger partial charge in [-0.05, 0) is 42.2 Å². The largest absolute Gasteiger partial charge is 0.472 e. The maximum Gasteiger partial charge on any atom is 0.227 e. The average Bonchev–Trinajstić information content (AvgIpc) is 2.61. The van der Waals surface area contributed by atoms with Crippen molar-refractivity contribution in [2.45, 2.75) is 32.6 Å². The van der Waals surface area contributed by atoms with E-state index >= 15 is 0 Å². The summed E-state index contributed by atoms with van der Waals surface area (Å²) in [6, 6.07) is 1.92. The van der Waals surface area contributed by atoms with Crippen LogP contribution < -0.4 is 5.32 Å². The van der Waals surface area contributed by atoms with Gasteiger partial charge in [0, 0.05) is 24.3 Å². The molecule has 1 fully saturated rings. The summed E-state index contributed by atoms with van der Waals surface area (Å²) in [5.74, 6) is -0.401. The molecular formula is C15H15NO3. The van der Waals surface area contributed by atoms with E-state index in [1.807, 2.05) is 19.9 Å². The van der Waals surface area contributed by atoms with Crippen molar-refractivity contribution < 1.29 is 14.0 Å². The summed E-state index contributed by atoms with van der Waals surface area (Å²) in [4.78, 5) is 23.1. The van der Waals surface area contributed by atoms with Gasteiger partial charge in [0.15, 0.2) is 0 Å². The number of imide groups is 1. The summed E-state index contributed by atoms with van der Waals surface area (Å²) >= 11 is 0. The van der Waals surface area contributed by atoms with Gasteiger partial charge >= 0.3 is 0 Å². The molecule has 1 N–H and O–H groups in total. The Labute approximate surface area is 111 Å². The molecule has 0 saturated carbocycles. The Hall–Kier alpha value is -2.10. The van der Waals surface area contributed by atoms with E-state index in [1.165, 1.54) is 0 Å². The summed E-state index contributed by atoms with van der Waals surface area (Å²) in [5, 5.41) is 2.36. The highest BCUT2D eigenvalue weighted by molar-refractivity contribution is 5.99. The third-order valence-electron chi connectivity index (χ3n) is 4.00. The van der Waals surface area contributed by atoms with Crippen LogP contribution in [0.1, 0.15) is 35.4 Å². The zero-order valence-electron chi connectivity index (χ0n) is 10.9. The lowest BCUT2D eigenvalue weighted by atomic mass is 9.86. The van der Waals surface area contributed by atoms with Crippen LogP contribution in [0.2, 0.25) is 0 Å². The minimum Gasteiger partial charge on any atom is -0.472 e. The maximum atomic E-state index is 11.6. The van der Waals surface area contributed by atoms with Crippen LogP contribution in [0.25, 0.3) is 11.1 Å². The quantitative estimate of drug-likeness (QED) is 0.798. The van der Waals surface area contributed by atoms with Gasteiger partial charge in [-0.2, -0.15) is 0 Å². The minimum absolute atomic E-state index is 0.0279. The highest BCUT2D eigenvalue weighted by Gasteiger charge is 2.31. The lowest BCUT2D eigenvalue weighted by Crippen LogP contribution is -2.37. The Morgan fingerprint density at radius 3 is 2.47 bits per heavy atom. The lowest BCUT2D eigenvalue weighted by molar-refractivity contribution is -0.133. The van der Waals surface area contributed by atoms with Crippen LogP contribution >= 0.6 is 0 Å². The molecule has 0 aromatic rings. The SMILES string of the molecule is Cc1c2coccc-2c(C2CC(=O)NC(=O)C2)c1C. The number of hydrogen-bond acceptors (Lipinski definition) is 3. The molecule has 2 heterocycles. The molecule has 0 aromatic heterocycles. The van der Waals surface area contributed by atoms with Gasteiger partial charge in [-0.3, -0.25) is 14.9 Å². The van der Waals surface area contributed by atoms with Crippen molar-refractivity contribution in [3.8, 4) is 11.1 Å². The molecule has 0 spiro atoms. The predicted molar refractivity (Wildman–Crippen MR) is 69.9 cm³/mol. The number of piperidine rings is 1. The van der Waals surface area contributed by atoms with Crippen molar-refractivity contribution in [2.24, 2.45) is 0 Å². The molecule has 0 aromatic carbocycles. The van der Waals surface area contributed by atoms with Gasteiger partial charge in [-0.15, -0.1) is 0 Å². The van der Waals surface area contributed by atoms with Gasteiger partial charge in [0.1, 0.15) is 0 Å². The van der Waals surface area contributed by atoms with Crippen molar-refractivity contribution in [3.05, 3.63) is 35.3 Å². The van der Waals surface area contributed by atoms with Crippen LogP contribution in [0.5, 0.6) is 0 Å². The predicted octanol–water partition coefficient (Wildman–Crippen LogP) is 2.52. The van der Waals surface area contributed by atoms with Crippen LogP contribution in [-0.4, -0.2) is 11.8 Å². The van der Waals surface area contributed by atoms with Gasteiger partial charge in [0.25, 0.3) is 0 Å². The standard InChI is InChI=1S/C15H15NO3/c1-8-9(2)15(11-3-4-19-7-12(8)11)10-5-13(17)16-14(18)6-10/h3-4,7,10H,5-6H2,1-2H3,(H,16,17,18). The number of carbonyl (C=O) groups excluding carboxylic acids is 2. The molecule has 1 aliphatic carbocycles. The molecule has 19 heavy (non-hydrogen) atoms. The molecule has 3 rings (SSSR count). The van der Waals surface area contributed by atoms with Crippen LogP contribution in [0, 0.1) is 13.8 Å². The third kappa shape index (κ3) is 1.84. The fourth-order valence-corrected chi connectivity index (χ4v) is 3.01. The first-order chi connectivity index (χ1) is 9.08. The maximum absolute atomic E-state index is 11.6. The van der Waals surface area contributed by atoms with Crippen molar-refractivity contribution in [1.29, 1.82) is 0 Å². The smallest absolute Gasteiger partial charge is 0.227 e. The van der Waals surface area contributed by atoms with Crippen molar-refractivity contribution in [1.82, 2.24) is 5.32 Å². The monoisotopic (exact) mass is 257 g/mol. The summed E-state index contributed by atoms with van der Waals surface area (Å²) in [6.45, 7) is 4.09. The average molecular weight is 257 g/mol. The second-order valence-corrected chi connectivity index (χ2v) is 5.12. The van der Waals surface area contributed by atoms with E-state index in [0.29, 0.717) is 12.8 Å². The first-order valence-corrected chi connectivity index (χ1v) is 6.35. The fraction of sp³-hybridized carbons (Fsp3) is 0.333. The normalized spacial score (nSPS) is 16.9. The highest BCUT2D eigenvalue weighted by Crippen LogP contribution is 2.42. The minimum atomic E-state index is -0.187. The molecule has 2 aliphatic heterocycles. The topological polar surface area (TPSA) is 59.3 Å². The van der Waals surface area contributed by atoms with Gasteiger partial charge < -0.3 is 4.42 Å². The molecule has 0 atom stereocenters. The Morgan fingerprint density at radius 1 is 1.11 bits per heavy atom. The summed E-state index contributed by atoms with van der Waals surface area (Å²) in [7, 11) is 0. The first kappa shape index (κ1) is 12.0. The molecule has 1 saturated heterocycles. The number of carbonyl (C=O) groups is 2. The van der Waals surface area contributed by atoms with E-state index in [0.717, 1.165) is 27.8 Å². The first-order valence-electron chi connectivity index (χ1n) is 6.35. The van der Waals surface area contributed by atoms with Crippen molar-refractivity contribution in [2.75, 3.05) is 0 Å². The van der Waals surface area contributed by atoms with Crippen LogP contribution in [-0.2, 0) is 9.59 Å². The van der Waals surface area contributed by atoms with Gasteiger partial charge in [0.2, 0.25) is 11.8 Å². The Kier molecular flexibility index (Phi) is 2.66. The number of nitrogens with one attached hydrogen (secondary N) is 1. The van der Waals surface area contributed by atoms with Crippen LogP contribution in [0.3, 0.4) is 0 Å². The molecular weight excluding hydrogens is 242 g/mol. The van der Waals surface area contributed by atoms with E-state index in [2.05, 4.69) is 5.32 Å². The summed E-state index contributed by atoms with van der Waals surface area (Å²) in [5.41, 5.74) is 5.59. The van der Waals surface area contributed by atoms with Gasteiger partial charge in [0.05, 0.1) is 12.5 Å². The van der Waals surface area contributed by atoms with Gasteiger partial charge in [-0.25, -0.2) is 0 Å². The zero-order valence-corrected chi connectivity index (χ0v) is 10.9. The van der Waals surface area contributed by atoms with Crippen molar-refractivity contribution >= 4 is 11.8 Å². The Bertz CT molecular complexity index is 625. The molecule has 2 amide bonds. The molecule has 98 valence electrons. The van der Waals surface area contributed by atoms with E-state index in [-0.39, 0.29) is 17.7 Å². The van der Waals surface area contributed by atoms with Crippen LogP contribution in [0.15, 0.2) is 23.0 Å². The fourth-order valence-electron chi connectivity index (χ4n) is 3.01. The van der Waals surface area contributed by atoms with E-state index in [9.17, 15) is 9.59 Å². The van der Waals surface area contributed by atoms with Gasteiger partial charge in [-0.1, -0.05) is 0 Å². The molecule has 0 unspecified atom stereocenters. The summed E-state index contributed by atoms with van der Waals surface area (Å²) < 4.78 is 5.22.